The number of ether oxygens (including phenoxy) is 1. The quantitative estimate of drug-likeness (QED) is 0.926. The number of nitrogens with one attached hydrogen (secondary N) is 1. The van der Waals surface area contributed by atoms with Crippen molar-refractivity contribution in [2.24, 2.45) is 11.8 Å². The predicted molar refractivity (Wildman–Crippen MR) is 89.1 cm³/mol. The Morgan fingerprint density at radius 1 is 1.13 bits per heavy atom. The molecule has 4 heteroatoms. The van der Waals surface area contributed by atoms with Crippen LogP contribution in [0.4, 0.5) is 4.79 Å². The molecule has 2 saturated carbocycles. The number of morpholine rings is 1. The van der Waals surface area contributed by atoms with Crippen molar-refractivity contribution in [1.82, 2.24) is 10.2 Å². The average molecular weight is 314 g/mol. The van der Waals surface area contributed by atoms with Gasteiger partial charge < -0.3 is 15.0 Å². The van der Waals surface area contributed by atoms with E-state index in [9.17, 15) is 4.79 Å². The number of amides is 2. The molecule has 0 bridgehead atoms. The van der Waals surface area contributed by atoms with Gasteiger partial charge in [-0.05, 0) is 50.0 Å². The van der Waals surface area contributed by atoms with Crippen LogP contribution < -0.4 is 5.32 Å². The summed E-state index contributed by atoms with van der Waals surface area (Å²) in [6.45, 7) is 3.37. The highest BCUT2D eigenvalue weighted by molar-refractivity contribution is 5.75. The molecule has 0 spiro atoms. The summed E-state index contributed by atoms with van der Waals surface area (Å²) in [5.74, 6) is 1.46. The molecule has 2 atom stereocenters. The Kier molecular flexibility index (Phi) is 4.02. The van der Waals surface area contributed by atoms with Crippen molar-refractivity contribution < 1.29 is 9.53 Å². The first-order chi connectivity index (χ1) is 11.2. The van der Waals surface area contributed by atoms with Gasteiger partial charge in [0.25, 0.3) is 0 Å². The van der Waals surface area contributed by atoms with Crippen molar-refractivity contribution >= 4 is 6.03 Å². The molecule has 4 nitrogen and oxygen atoms in total. The van der Waals surface area contributed by atoms with E-state index in [1.807, 2.05) is 23.1 Å². The minimum Gasteiger partial charge on any atom is -0.367 e. The van der Waals surface area contributed by atoms with E-state index in [1.165, 1.54) is 25.7 Å². The molecule has 3 aliphatic rings. The van der Waals surface area contributed by atoms with Crippen LogP contribution in [0.25, 0.3) is 0 Å². The standard InChI is InChI=1S/C19H26N2O2/c1-13-11-21(12-17(23-13)14-5-3-2-4-6-14)19(22)20-18(15-7-8-15)16-9-10-16/h2-6,13,15-18H,7-12H2,1H3,(H,20,22)/t13-,17-/m1/s1. The summed E-state index contributed by atoms with van der Waals surface area (Å²) in [4.78, 5) is 14.7. The van der Waals surface area contributed by atoms with Crippen LogP contribution in [0.2, 0.25) is 0 Å². The van der Waals surface area contributed by atoms with Gasteiger partial charge in [-0.15, -0.1) is 0 Å². The number of hydrogen-bond acceptors (Lipinski definition) is 2. The summed E-state index contributed by atoms with van der Waals surface area (Å²) in [6.07, 6.45) is 5.19. The van der Waals surface area contributed by atoms with Gasteiger partial charge in [0.2, 0.25) is 0 Å². The minimum absolute atomic E-state index is 0.0222. The lowest BCUT2D eigenvalue weighted by atomic mass is 10.1. The van der Waals surface area contributed by atoms with Crippen LogP contribution in [0.3, 0.4) is 0 Å². The van der Waals surface area contributed by atoms with Gasteiger partial charge in [-0.25, -0.2) is 4.79 Å². The molecule has 0 radical (unpaired) electrons. The van der Waals surface area contributed by atoms with Gasteiger partial charge in [0.05, 0.1) is 12.6 Å². The van der Waals surface area contributed by atoms with Crippen LogP contribution in [-0.2, 0) is 4.74 Å². The van der Waals surface area contributed by atoms with Crippen LogP contribution in [0.1, 0.15) is 44.3 Å². The Morgan fingerprint density at radius 3 is 2.39 bits per heavy atom. The molecule has 1 N–H and O–H groups in total. The summed E-state index contributed by atoms with van der Waals surface area (Å²) in [5.41, 5.74) is 1.15. The van der Waals surface area contributed by atoms with Crippen LogP contribution in [0.15, 0.2) is 30.3 Å². The number of hydrogen-bond donors (Lipinski definition) is 1. The summed E-state index contributed by atoms with van der Waals surface area (Å²) >= 11 is 0. The fourth-order valence-corrected chi connectivity index (χ4v) is 3.73. The second kappa shape index (κ2) is 6.16. The molecular formula is C19H26N2O2. The highest BCUT2D eigenvalue weighted by atomic mass is 16.5. The van der Waals surface area contributed by atoms with E-state index < -0.39 is 0 Å². The SMILES string of the molecule is C[C@@H]1CN(C(=O)NC(C2CC2)C2CC2)C[C@H](c2ccccc2)O1. The lowest BCUT2D eigenvalue weighted by Gasteiger charge is -2.37. The molecule has 2 amide bonds. The van der Waals surface area contributed by atoms with Crippen molar-refractivity contribution in [3.05, 3.63) is 35.9 Å². The Balaban J connectivity index is 1.41. The number of rotatable bonds is 4. The number of benzene rings is 1. The van der Waals surface area contributed by atoms with E-state index in [0.717, 1.165) is 17.4 Å². The maximum absolute atomic E-state index is 12.8. The Hall–Kier alpha value is -1.55. The van der Waals surface area contributed by atoms with Crippen molar-refractivity contribution in [3.8, 4) is 0 Å². The molecule has 124 valence electrons. The zero-order valence-corrected chi connectivity index (χ0v) is 13.8. The van der Waals surface area contributed by atoms with Gasteiger partial charge in [-0.3, -0.25) is 0 Å². The second-order valence-electron chi connectivity index (χ2n) is 7.40. The molecule has 3 fully saturated rings. The molecule has 0 unspecified atom stereocenters. The summed E-state index contributed by atoms with van der Waals surface area (Å²) in [6, 6.07) is 10.7. The summed E-state index contributed by atoms with van der Waals surface area (Å²) in [7, 11) is 0. The molecule has 1 saturated heterocycles. The molecule has 0 aromatic heterocycles. The van der Waals surface area contributed by atoms with Gasteiger partial charge in [-0.1, -0.05) is 30.3 Å². The molecule has 1 heterocycles. The van der Waals surface area contributed by atoms with E-state index in [1.54, 1.807) is 0 Å². The average Bonchev–Trinajstić information content (AvgIpc) is 3.46. The predicted octanol–water partition coefficient (Wildman–Crippen LogP) is 3.35. The van der Waals surface area contributed by atoms with Gasteiger partial charge in [0, 0.05) is 12.6 Å². The van der Waals surface area contributed by atoms with Gasteiger partial charge in [0.15, 0.2) is 0 Å². The Labute approximate surface area is 138 Å². The van der Waals surface area contributed by atoms with E-state index in [0.29, 0.717) is 19.1 Å². The van der Waals surface area contributed by atoms with Crippen molar-refractivity contribution in [2.75, 3.05) is 13.1 Å². The Bertz CT molecular complexity index is 542. The molecular weight excluding hydrogens is 288 g/mol. The number of carbonyl (C=O) groups is 1. The Morgan fingerprint density at radius 2 is 1.78 bits per heavy atom. The van der Waals surface area contributed by atoms with Gasteiger partial charge >= 0.3 is 6.03 Å². The van der Waals surface area contributed by atoms with Crippen LogP contribution in [0, 0.1) is 11.8 Å². The fourth-order valence-electron chi connectivity index (χ4n) is 3.73. The second-order valence-corrected chi connectivity index (χ2v) is 7.40. The molecule has 2 aliphatic carbocycles. The minimum atomic E-state index is -0.0222. The third-order valence-electron chi connectivity index (χ3n) is 5.27. The van der Waals surface area contributed by atoms with Gasteiger partial charge in [0.1, 0.15) is 6.10 Å². The number of urea groups is 1. The zero-order valence-electron chi connectivity index (χ0n) is 13.8. The fraction of sp³-hybridized carbons (Fsp3) is 0.632. The highest BCUT2D eigenvalue weighted by Gasteiger charge is 2.43. The molecule has 4 rings (SSSR count). The van der Waals surface area contributed by atoms with E-state index in [4.69, 9.17) is 4.74 Å². The maximum atomic E-state index is 12.8. The van der Waals surface area contributed by atoms with E-state index in [2.05, 4.69) is 24.4 Å². The molecule has 23 heavy (non-hydrogen) atoms. The first-order valence-corrected chi connectivity index (χ1v) is 8.96. The number of carbonyl (C=O) groups excluding carboxylic acids is 1. The van der Waals surface area contributed by atoms with E-state index in [-0.39, 0.29) is 18.2 Å². The molecule has 1 aromatic carbocycles. The highest BCUT2D eigenvalue weighted by Crippen LogP contribution is 2.44. The molecule has 1 aromatic rings. The first-order valence-electron chi connectivity index (χ1n) is 8.96. The first kappa shape index (κ1) is 15.0. The summed E-state index contributed by atoms with van der Waals surface area (Å²) in [5, 5.41) is 3.33. The smallest absolute Gasteiger partial charge is 0.317 e. The van der Waals surface area contributed by atoms with Crippen molar-refractivity contribution in [3.63, 3.8) is 0 Å². The lowest BCUT2D eigenvalue weighted by Crippen LogP contribution is -2.52. The van der Waals surface area contributed by atoms with Crippen LogP contribution in [0.5, 0.6) is 0 Å². The van der Waals surface area contributed by atoms with E-state index >= 15 is 0 Å². The topological polar surface area (TPSA) is 41.6 Å². The van der Waals surface area contributed by atoms with Gasteiger partial charge in [-0.2, -0.15) is 0 Å². The zero-order chi connectivity index (χ0) is 15.8. The normalized spacial score (nSPS) is 28.0. The van der Waals surface area contributed by atoms with Crippen molar-refractivity contribution in [2.45, 2.75) is 50.9 Å². The van der Waals surface area contributed by atoms with Crippen LogP contribution >= 0.6 is 0 Å². The lowest BCUT2D eigenvalue weighted by molar-refractivity contribution is -0.0660. The maximum Gasteiger partial charge on any atom is 0.317 e. The van der Waals surface area contributed by atoms with Crippen molar-refractivity contribution in [1.29, 1.82) is 0 Å². The third kappa shape index (κ3) is 3.52. The summed E-state index contributed by atoms with van der Waals surface area (Å²) < 4.78 is 6.06. The third-order valence-corrected chi connectivity index (χ3v) is 5.27. The largest absolute Gasteiger partial charge is 0.367 e. The monoisotopic (exact) mass is 314 g/mol. The van der Waals surface area contributed by atoms with Crippen LogP contribution in [-0.4, -0.2) is 36.2 Å². The number of nitrogens with zero attached hydrogens (tertiary/aromatic N) is 1. The molecule has 1 aliphatic heterocycles.